The van der Waals surface area contributed by atoms with Gasteiger partial charge in [0.05, 0.1) is 5.69 Å². The summed E-state index contributed by atoms with van der Waals surface area (Å²) in [5, 5.41) is 0. The summed E-state index contributed by atoms with van der Waals surface area (Å²) >= 11 is 2.11. The Kier molecular flexibility index (Phi) is 3.03. The molecule has 2 aromatic heterocycles. The van der Waals surface area contributed by atoms with Gasteiger partial charge in [0.15, 0.2) is 3.83 Å². The molecule has 2 heterocycles. The van der Waals surface area contributed by atoms with Gasteiger partial charge in [-0.05, 0) is 18.2 Å². The second kappa shape index (κ2) is 4.45. The predicted octanol–water partition coefficient (Wildman–Crippen LogP) is 2.07. The minimum atomic E-state index is 0.763. The maximum absolute atomic E-state index is 4.30. The van der Waals surface area contributed by atoms with Gasteiger partial charge in [0.1, 0.15) is 0 Å². The standard InChI is InChI=1S/C10H8IN3/c11-10-13-6-4-9(14-10)7-8-3-1-2-5-12-8/h1-6H,7H2. The lowest BCUT2D eigenvalue weighted by molar-refractivity contribution is 0.963. The van der Waals surface area contributed by atoms with Crippen LogP contribution < -0.4 is 0 Å². The molecule has 14 heavy (non-hydrogen) atoms. The summed E-state index contributed by atoms with van der Waals surface area (Å²) in [4.78, 5) is 12.6. The minimum absolute atomic E-state index is 0.763. The van der Waals surface area contributed by atoms with Gasteiger partial charge in [0, 0.05) is 47.1 Å². The second-order valence-corrected chi connectivity index (χ2v) is 3.78. The van der Waals surface area contributed by atoms with E-state index >= 15 is 0 Å². The summed E-state index contributed by atoms with van der Waals surface area (Å²) in [6.07, 6.45) is 4.33. The predicted molar refractivity (Wildman–Crippen MR) is 61.8 cm³/mol. The number of hydrogen-bond acceptors (Lipinski definition) is 3. The highest BCUT2D eigenvalue weighted by Gasteiger charge is 1.98. The van der Waals surface area contributed by atoms with Crippen molar-refractivity contribution in [3.63, 3.8) is 0 Å². The van der Waals surface area contributed by atoms with Crippen LogP contribution in [0.25, 0.3) is 0 Å². The Balaban J connectivity index is 2.19. The fraction of sp³-hybridized carbons (Fsp3) is 0.100. The van der Waals surface area contributed by atoms with Crippen LogP contribution in [0.15, 0.2) is 36.7 Å². The van der Waals surface area contributed by atoms with Crippen LogP contribution in [0, 0.1) is 3.83 Å². The molecule has 2 rings (SSSR count). The van der Waals surface area contributed by atoms with Crippen molar-refractivity contribution in [3.8, 4) is 0 Å². The molecule has 0 fully saturated rings. The molecule has 0 N–H and O–H groups in total. The van der Waals surface area contributed by atoms with E-state index in [0.29, 0.717) is 0 Å². The lowest BCUT2D eigenvalue weighted by Gasteiger charge is -1.99. The fourth-order valence-electron chi connectivity index (χ4n) is 1.16. The van der Waals surface area contributed by atoms with Crippen molar-refractivity contribution in [1.29, 1.82) is 0 Å². The molecule has 0 spiro atoms. The SMILES string of the molecule is Ic1nccc(Cc2ccccn2)n1. The third kappa shape index (κ3) is 2.47. The van der Waals surface area contributed by atoms with Crippen molar-refractivity contribution in [2.75, 3.05) is 0 Å². The zero-order valence-electron chi connectivity index (χ0n) is 7.39. The molecule has 0 bridgehead atoms. The van der Waals surface area contributed by atoms with E-state index in [-0.39, 0.29) is 0 Å². The van der Waals surface area contributed by atoms with Crippen LogP contribution in [0.1, 0.15) is 11.4 Å². The quantitative estimate of drug-likeness (QED) is 0.629. The normalized spacial score (nSPS) is 10.1. The van der Waals surface area contributed by atoms with Crippen LogP contribution in [0.2, 0.25) is 0 Å². The molecule has 0 aliphatic rings. The van der Waals surface area contributed by atoms with Gasteiger partial charge in [-0.2, -0.15) is 0 Å². The highest BCUT2D eigenvalue weighted by molar-refractivity contribution is 14.1. The average molecular weight is 297 g/mol. The first kappa shape index (κ1) is 9.51. The molecule has 0 radical (unpaired) electrons. The number of nitrogens with zero attached hydrogens (tertiary/aromatic N) is 3. The average Bonchev–Trinajstić information content (AvgIpc) is 2.19. The zero-order chi connectivity index (χ0) is 9.80. The largest absolute Gasteiger partial charge is 0.261 e. The van der Waals surface area contributed by atoms with Crippen LogP contribution in [0.3, 0.4) is 0 Å². The number of rotatable bonds is 2. The van der Waals surface area contributed by atoms with Gasteiger partial charge < -0.3 is 0 Å². The molecular formula is C10H8IN3. The van der Waals surface area contributed by atoms with Crippen molar-refractivity contribution in [3.05, 3.63) is 51.9 Å². The molecule has 0 atom stereocenters. The van der Waals surface area contributed by atoms with Crippen LogP contribution in [0.4, 0.5) is 0 Å². The lowest BCUT2D eigenvalue weighted by Crippen LogP contribution is -1.97. The van der Waals surface area contributed by atoms with Crippen LogP contribution >= 0.6 is 22.6 Å². The van der Waals surface area contributed by atoms with Gasteiger partial charge in [-0.1, -0.05) is 6.07 Å². The van der Waals surface area contributed by atoms with Gasteiger partial charge in [-0.3, -0.25) is 4.98 Å². The Bertz CT molecular complexity index is 417. The third-order valence-corrected chi connectivity index (χ3v) is 2.29. The van der Waals surface area contributed by atoms with Gasteiger partial charge in [0.25, 0.3) is 0 Å². The molecule has 3 nitrogen and oxygen atoms in total. The van der Waals surface area contributed by atoms with Crippen LogP contribution in [-0.2, 0) is 6.42 Å². The van der Waals surface area contributed by atoms with Gasteiger partial charge >= 0.3 is 0 Å². The Morgan fingerprint density at radius 1 is 1.00 bits per heavy atom. The number of aromatic nitrogens is 3. The fourth-order valence-corrected chi connectivity index (χ4v) is 1.63. The van der Waals surface area contributed by atoms with E-state index in [1.54, 1.807) is 12.4 Å². The Morgan fingerprint density at radius 3 is 2.64 bits per heavy atom. The molecule has 2 aromatic rings. The minimum Gasteiger partial charge on any atom is -0.261 e. The number of hydrogen-bond donors (Lipinski definition) is 0. The summed E-state index contributed by atoms with van der Waals surface area (Å²) < 4.78 is 0.774. The van der Waals surface area contributed by atoms with Gasteiger partial charge in [0.2, 0.25) is 0 Å². The maximum Gasteiger partial charge on any atom is 0.190 e. The molecule has 0 aliphatic heterocycles. The molecule has 0 amide bonds. The number of pyridine rings is 1. The number of halogens is 1. The third-order valence-electron chi connectivity index (χ3n) is 1.77. The van der Waals surface area contributed by atoms with E-state index in [1.165, 1.54) is 0 Å². The monoisotopic (exact) mass is 297 g/mol. The molecule has 0 aromatic carbocycles. The first-order valence-electron chi connectivity index (χ1n) is 4.22. The summed E-state index contributed by atoms with van der Waals surface area (Å²) in [7, 11) is 0. The smallest absolute Gasteiger partial charge is 0.190 e. The van der Waals surface area contributed by atoms with Crippen molar-refractivity contribution < 1.29 is 0 Å². The molecule has 70 valence electrons. The Morgan fingerprint density at radius 2 is 1.93 bits per heavy atom. The summed E-state index contributed by atoms with van der Waals surface area (Å²) in [5.41, 5.74) is 2.03. The van der Waals surface area contributed by atoms with Crippen LogP contribution in [-0.4, -0.2) is 15.0 Å². The molecule has 4 heteroatoms. The lowest BCUT2D eigenvalue weighted by atomic mass is 10.2. The summed E-state index contributed by atoms with van der Waals surface area (Å²) in [6, 6.07) is 7.80. The van der Waals surface area contributed by atoms with E-state index in [0.717, 1.165) is 21.6 Å². The Hall–Kier alpha value is -1.04. The molecule has 0 aliphatic carbocycles. The molecular weight excluding hydrogens is 289 g/mol. The van der Waals surface area contributed by atoms with Crippen molar-refractivity contribution in [1.82, 2.24) is 15.0 Å². The highest BCUT2D eigenvalue weighted by atomic mass is 127. The van der Waals surface area contributed by atoms with E-state index in [1.807, 2.05) is 24.3 Å². The topological polar surface area (TPSA) is 38.7 Å². The molecule has 0 saturated heterocycles. The van der Waals surface area contributed by atoms with Gasteiger partial charge in [-0.15, -0.1) is 0 Å². The highest BCUT2D eigenvalue weighted by Crippen LogP contribution is 2.04. The first-order valence-corrected chi connectivity index (χ1v) is 5.30. The maximum atomic E-state index is 4.30. The van der Waals surface area contributed by atoms with E-state index in [9.17, 15) is 0 Å². The van der Waals surface area contributed by atoms with E-state index in [2.05, 4.69) is 37.5 Å². The van der Waals surface area contributed by atoms with Crippen molar-refractivity contribution in [2.45, 2.75) is 6.42 Å². The van der Waals surface area contributed by atoms with Crippen molar-refractivity contribution in [2.24, 2.45) is 0 Å². The zero-order valence-corrected chi connectivity index (χ0v) is 9.55. The van der Waals surface area contributed by atoms with Gasteiger partial charge in [-0.25, -0.2) is 9.97 Å². The van der Waals surface area contributed by atoms with Crippen molar-refractivity contribution >= 4 is 22.6 Å². The van der Waals surface area contributed by atoms with E-state index < -0.39 is 0 Å². The van der Waals surface area contributed by atoms with E-state index in [4.69, 9.17) is 0 Å². The Labute approximate surface area is 95.8 Å². The van der Waals surface area contributed by atoms with Crippen LogP contribution in [0.5, 0.6) is 0 Å². The second-order valence-electron chi connectivity index (χ2n) is 2.81. The molecule has 0 saturated carbocycles. The first-order chi connectivity index (χ1) is 6.84. The summed E-state index contributed by atoms with van der Waals surface area (Å²) in [5.74, 6) is 0. The summed E-state index contributed by atoms with van der Waals surface area (Å²) in [6.45, 7) is 0. The molecule has 0 unspecified atom stereocenters.